The number of hydrogen-bond donors (Lipinski definition) is 8. The van der Waals surface area contributed by atoms with Crippen molar-refractivity contribution in [2.75, 3.05) is 0 Å². The molecular weight excluding hydrogens is 737 g/mol. The lowest BCUT2D eigenvalue weighted by atomic mass is 9.97. The number of nitrogens with zero attached hydrogens (tertiary/aromatic N) is 2. The number of aromatic nitrogens is 2. The molecule has 0 fully saturated rings. The smallest absolute Gasteiger partial charge is 0.271 e. The van der Waals surface area contributed by atoms with E-state index in [9.17, 15) is 39.0 Å². The SMILES string of the molecule is CC[C@H](C)[C@H]1NC(=O)c2csc(n2)[C@@H](C(C)C)NC(=O)[C@@H]([C@@H](C)O)NC(=O)[C@@H]([C@@H](C)CC)NC(=O)c2csc(n2)[C@@H](C(C)C)NC(=O)[C@@H]([C@@H](C)O)NC1=O. The molecule has 10 atom stereocenters. The predicted octanol–water partition coefficient (Wildman–Crippen LogP) is 1.96. The summed E-state index contributed by atoms with van der Waals surface area (Å²) in [6.07, 6.45) is -1.68. The number of carbonyl (C=O) groups excluding carboxylic acids is 6. The lowest BCUT2D eigenvalue weighted by Crippen LogP contribution is -2.59. The van der Waals surface area contributed by atoms with E-state index in [-0.39, 0.29) is 35.1 Å². The van der Waals surface area contributed by atoms with Gasteiger partial charge >= 0.3 is 0 Å². The average Bonchev–Trinajstić information content (AvgIpc) is 3.81. The van der Waals surface area contributed by atoms with Crippen LogP contribution in [0.4, 0.5) is 0 Å². The van der Waals surface area contributed by atoms with Gasteiger partial charge in [0.05, 0.1) is 24.3 Å². The minimum atomic E-state index is -1.41. The van der Waals surface area contributed by atoms with Gasteiger partial charge in [0.1, 0.15) is 45.6 Å². The molecule has 3 rings (SSSR count). The molecule has 0 saturated heterocycles. The average molecular weight is 793 g/mol. The second-order valence-corrected chi connectivity index (χ2v) is 16.5. The molecular formula is C36H56N8O8S2. The summed E-state index contributed by atoms with van der Waals surface area (Å²) in [6, 6.07) is -6.49. The summed E-state index contributed by atoms with van der Waals surface area (Å²) in [5.41, 5.74) is -0.0178. The highest BCUT2D eigenvalue weighted by Crippen LogP contribution is 2.27. The number of carbonyl (C=O) groups is 6. The fourth-order valence-corrected chi connectivity index (χ4v) is 7.76. The normalized spacial score (nSPS) is 26.3. The van der Waals surface area contributed by atoms with Crippen molar-refractivity contribution in [3.8, 4) is 0 Å². The summed E-state index contributed by atoms with van der Waals surface area (Å²) in [7, 11) is 0. The lowest BCUT2D eigenvalue weighted by Gasteiger charge is -2.29. The predicted molar refractivity (Wildman–Crippen MR) is 204 cm³/mol. The fraction of sp³-hybridized carbons (Fsp3) is 0.667. The largest absolute Gasteiger partial charge is 0.391 e. The molecule has 6 amide bonds. The molecule has 3 heterocycles. The van der Waals surface area contributed by atoms with Crippen LogP contribution in [0.15, 0.2) is 10.8 Å². The van der Waals surface area contributed by atoms with Crippen LogP contribution in [0.5, 0.6) is 0 Å². The van der Waals surface area contributed by atoms with Crippen molar-refractivity contribution in [1.29, 1.82) is 0 Å². The molecule has 2 aromatic rings. The Bertz CT molecular complexity index is 1520. The number of thiazole rings is 2. The third-order valence-electron chi connectivity index (χ3n) is 9.66. The Balaban J connectivity index is 2.13. The van der Waals surface area contributed by atoms with Gasteiger partial charge < -0.3 is 42.1 Å². The molecule has 54 heavy (non-hydrogen) atoms. The van der Waals surface area contributed by atoms with Crippen molar-refractivity contribution in [2.45, 2.75) is 131 Å². The summed E-state index contributed by atoms with van der Waals surface area (Å²) >= 11 is 2.22. The van der Waals surface area contributed by atoms with Crippen LogP contribution >= 0.6 is 22.7 Å². The second kappa shape index (κ2) is 19.5. The maximum absolute atomic E-state index is 13.7. The molecule has 0 aromatic carbocycles. The van der Waals surface area contributed by atoms with E-state index < -0.39 is 83.9 Å². The molecule has 1 aliphatic rings. The number of hydrogen-bond acceptors (Lipinski definition) is 12. The van der Waals surface area contributed by atoms with E-state index in [2.05, 4.69) is 41.9 Å². The number of aliphatic hydroxyl groups is 2. The molecule has 16 nitrogen and oxygen atoms in total. The fourth-order valence-electron chi connectivity index (χ4n) is 5.71. The standard InChI is InChI=1S/C36H56N8O8S2/c1-11-17(7)25-31(49)43-27(19(9)45)33(51)39-24(16(5)6)36-38-22(14-54-36)30(48)42-26(18(8)12-2)32(50)44-28(20(10)46)34(52)40-23(15(3)4)35-37-21(13-53-35)29(47)41-25/h13-20,23-28,45-46H,11-12H2,1-10H3,(H,39,51)(H,40,52)(H,41,47)(H,42,48)(H,43,49)(H,44,50)/t17-,18-,19+,20+,23+,24+,25+,26+,27+,28+/m0/s1. The highest BCUT2D eigenvalue weighted by Gasteiger charge is 2.37. The van der Waals surface area contributed by atoms with Crippen molar-refractivity contribution in [2.24, 2.45) is 23.7 Å². The third kappa shape index (κ3) is 11.0. The number of fused-ring (bicyclic) bond motifs is 4. The van der Waals surface area contributed by atoms with Crippen molar-refractivity contribution in [3.63, 3.8) is 0 Å². The topological polar surface area (TPSA) is 241 Å². The van der Waals surface area contributed by atoms with Crippen molar-refractivity contribution in [1.82, 2.24) is 41.9 Å². The molecule has 0 radical (unpaired) electrons. The monoisotopic (exact) mass is 792 g/mol. The zero-order chi connectivity index (χ0) is 40.6. The van der Waals surface area contributed by atoms with Crippen LogP contribution in [0.1, 0.15) is 125 Å². The first kappa shape index (κ1) is 44.4. The maximum Gasteiger partial charge on any atom is 0.271 e. The van der Waals surface area contributed by atoms with Gasteiger partial charge in [-0.25, -0.2) is 9.97 Å². The zero-order valence-corrected chi connectivity index (χ0v) is 34.2. The van der Waals surface area contributed by atoms with E-state index in [0.717, 1.165) is 22.7 Å². The quantitative estimate of drug-likeness (QED) is 0.193. The van der Waals surface area contributed by atoms with Gasteiger partial charge in [0, 0.05) is 10.8 Å². The summed E-state index contributed by atoms with van der Waals surface area (Å²) in [6.45, 7) is 17.3. The number of aliphatic hydroxyl groups excluding tert-OH is 2. The van der Waals surface area contributed by atoms with Crippen molar-refractivity contribution in [3.05, 3.63) is 32.2 Å². The first-order valence-corrected chi connectivity index (χ1v) is 20.2. The van der Waals surface area contributed by atoms with E-state index in [1.165, 1.54) is 24.6 Å². The maximum atomic E-state index is 13.7. The van der Waals surface area contributed by atoms with Gasteiger partial charge in [-0.3, -0.25) is 28.8 Å². The van der Waals surface area contributed by atoms with Crippen LogP contribution in [-0.4, -0.2) is 92.0 Å². The van der Waals surface area contributed by atoms with E-state index in [0.29, 0.717) is 22.9 Å². The molecule has 2 aromatic heterocycles. The van der Waals surface area contributed by atoms with Gasteiger partial charge in [0.15, 0.2) is 0 Å². The molecule has 0 unspecified atom stereocenters. The lowest BCUT2D eigenvalue weighted by molar-refractivity contribution is -0.133. The summed E-state index contributed by atoms with van der Waals surface area (Å²) in [4.78, 5) is 90.9. The van der Waals surface area contributed by atoms with Crippen LogP contribution in [0.2, 0.25) is 0 Å². The molecule has 0 spiro atoms. The van der Waals surface area contributed by atoms with E-state index >= 15 is 0 Å². The summed E-state index contributed by atoms with van der Waals surface area (Å²) in [5, 5.41) is 41.5. The minimum Gasteiger partial charge on any atom is -0.391 e. The summed E-state index contributed by atoms with van der Waals surface area (Å²) < 4.78 is 0. The van der Waals surface area contributed by atoms with Gasteiger partial charge in [-0.15, -0.1) is 22.7 Å². The molecule has 8 N–H and O–H groups in total. The van der Waals surface area contributed by atoms with Gasteiger partial charge in [-0.05, 0) is 37.5 Å². The molecule has 18 heteroatoms. The van der Waals surface area contributed by atoms with Crippen LogP contribution in [0, 0.1) is 23.7 Å². The minimum absolute atomic E-state index is 0.00890. The Morgan fingerprint density at radius 3 is 1.09 bits per heavy atom. The molecule has 300 valence electrons. The highest BCUT2D eigenvalue weighted by molar-refractivity contribution is 7.10. The van der Waals surface area contributed by atoms with E-state index in [1.807, 2.05) is 41.5 Å². The van der Waals surface area contributed by atoms with Gasteiger partial charge in [-0.1, -0.05) is 68.2 Å². The number of rotatable bonds is 8. The Labute approximate surface area is 324 Å². The number of nitrogens with one attached hydrogen (secondary N) is 6. The second-order valence-electron chi connectivity index (χ2n) is 14.7. The van der Waals surface area contributed by atoms with Crippen LogP contribution in [0.3, 0.4) is 0 Å². The van der Waals surface area contributed by atoms with Gasteiger partial charge in [0.25, 0.3) is 11.8 Å². The molecule has 0 aliphatic carbocycles. The molecule has 4 bridgehead atoms. The van der Waals surface area contributed by atoms with Crippen molar-refractivity contribution >= 4 is 58.1 Å². The Kier molecular flexibility index (Phi) is 16.1. The number of amides is 6. The molecule has 0 saturated carbocycles. The first-order valence-electron chi connectivity index (χ1n) is 18.4. The Morgan fingerprint density at radius 1 is 0.519 bits per heavy atom. The van der Waals surface area contributed by atoms with Gasteiger partial charge in [-0.2, -0.15) is 0 Å². The van der Waals surface area contributed by atoms with Crippen LogP contribution in [0.25, 0.3) is 0 Å². The first-order chi connectivity index (χ1) is 25.3. The third-order valence-corrected chi connectivity index (χ3v) is 11.5. The van der Waals surface area contributed by atoms with Crippen LogP contribution < -0.4 is 31.9 Å². The summed E-state index contributed by atoms with van der Waals surface area (Å²) in [5.74, 6) is -5.36. The van der Waals surface area contributed by atoms with E-state index in [1.54, 1.807) is 13.8 Å². The zero-order valence-electron chi connectivity index (χ0n) is 32.6. The van der Waals surface area contributed by atoms with Crippen molar-refractivity contribution < 1.29 is 39.0 Å². The van der Waals surface area contributed by atoms with Crippen LogP contribution in [-0.2, 0) is 19.2 Å². The van der Waals surface area contributed by atoms with E-state index in [4.69, 9.17) is 0 Å². The highest BCUT2D eigenvalue weighted by atomic mass is 32.1. The molecule has 1 aliphatic heterocycles. The Hall–Kier alpha value is -4.00. The van der Waals surface area contributed by atoms with Gasteiger partial charge in [0.2, 0.25) is 23.6 Å². The Morgan fingerprint density at radius 2 is 0.815 bits per heavy atom.